The maximum absolute atomic E-state index is 10.5. The van der Waals surface area contributed by atoms with Gasteiger partial charge in [-0.1, -0.05) is 0 Å². The summed E-state index contributed by atoms with van der Waals surface area (Å²) in [5, 5.41) is 10.5. The molecule has 0 amide bonds. The van der Waals surface area contributed by atoms with Crippen molar-refractivity contribution in [1.82, 2.24) is 0 Å². The van der Waals surface area contributed by atoms with Gasteiger partial charge >= 0.3 is 0 Å². The lowest BCUT2D eigenvalue weighted by Gasteiger charge is -2.14. The number of nitro benzene ring substituents is 1. The van der Waals surface area contributed by atoms with Crippen molar-refractivity contribution < 1.29 is 9.66 Å². The highest BCUT2D eigenvalue weighted by Crippen LogP contribution is 2.29. The second kappa shape index (κ2) is 3.14. The molecule has 0 saturated carbocycles. The topological polar surface area (TPSA) is 52.4 Å². The van der Waals surface area contributed by atoms with Gasteiger partial charge in [0.1, 0.15) is 12.4 Å². The second-order valence-electron chi connectivity index (χ2n) is 3.26. The summed E-state index contributed by atoms with van der Waals surface area (Å²) in [6.07, 6.45) is 1.91. The Hall–Kier alpha value is -1.84. The molecule has 4 nitrogen and oxygen atoms in total. The van der Waals surface area contributed by atoms with Crippen molar-refractivity contribution in [2.45, 2.75) is 6.92 Å². The van der Waals surface area contributed by atoms with Crippen LogP contribution in [0.4, 0.5) is 5.69 Å². The van der Waals surface area contributed by atoms with Crippen molar-refractivity contribution in [1.29, 1.82) is 0 Å². The smallest absolute Gasteiger partial charge is 0.270 e. The van der Waals surface area contributed by atoms with Gasteiger partial charge in [0.15, 0.2) is 0 Å². The number of hydrogen-bond acceptors (Lipinski definition) is 3. The van der Waals surface area contributed by atoms with Crippen LogP contribution in [0, 0.1) is 10.1 Å². The van der Waals surface area contributed by atoms with Crippen molar-refractivity contribution in [3.05, 3.63) is 39.4 Å². The van der Waals surface area contributed by atoms with Crippen molar-refractivity contribution in [2.75, 3.05) is 6.61 Å². The number of nitrogens with zero attached hydrogens (tertiary/aromatic N) is 1. The molecule has 0 saturated heterocycles. The van der Waals surface area contributed by atoms with E-state index in [9.17, 15) is 10.1 Å². The van der Waals surface area contributed by atoms with Crippen molar-refractivity contribution >= 4 is 11.8 Å². The highest BCUT2D eigenvalue weighted by molar-refractivity contribution is 5.64. The Kier molecular flexibility index (Phi) is 1.96. The van der Waals surface area contributed by atoms with Gasteiger partial charge < -0.3 is 4.74 Å². The van der Waals surface area contributed by atoms with Gasteiger partial charge in [0.2, 0.25) is 0 Å². The first-order valence-corrected chi connectivity index (χ1v) is 4.25. The van der Waals surface area contributed by atoms with E-state index in [1.54, 1.807) is 6.07 Å². The van der Waals surface area contributed by atoms with Gasteiger partial charge in [-0.25, -0.2) is 0 Å². The number of benzene rings is 1. The molecule has 1 aromatic carbocycles. The van der Waals surface area contributed by atoms with Gasteiger partial charge in [0.25, 0.3) is 5.69 Å². The number of ether oxygens (including phenoxy) is 1. The molecule has 0 atom stereocenters. The standard InChI is InChI=1S/C10H9NO3/c1-7-4-8-5-9(11(12)13)2-3-10(8)14-6-7/h2-5H,6H2,1H3. The number of non-ortho nitro benzene ring substituents is 1. The van der Waals surface area contributed by atoms with Gasteiger partial charge in [-0.05, 0) is 24.6 Å². The summed E-state index contributed by atoms with van der Waals surface area (Å²) in [6.45, 7) is 2.49. The van der Waals surface area contributed by atoms with Crippen LogP contribution in [0.5, 0.6) is 5.75 Å². The molecule has 2 rings (SSSR count). The van der Waals surface area contributed by atoms with Crippen LogP contribution in [0.3, 0.4) is 0 Å². The first-order chi connectivity index (χ1) is 6.66. The van der Waals surface area contributed by atoms with Gasteiger partial charge in [0.05, 0.1) is 4.92 Å². The average Bonchev–Trinajstić information content (AvgIpc) is 2.16. The zero-order valence-corrected chi connectivity index (χ0v) is 7.69. The van der Waals surface area contributed by atoms with E-state index in [4.69, 9.17) is 4.74 Å². The summed E-state index contributed by atoms with van der Waals surface area (Å²) in [6, 6.07) is 4.61. The molecular formula is C10H9NO3. The van der Waals surface area contributed by atoms with E-state index in [0.717, 1.165) is 11.1 Å². The van der Waals surface area contributed by atoms with Crippen molar-refractivity contribution in [3.8, 4) is 5.75 Å². The van der Waals surface area contributed by atoms with Crippen molar-refractivity contribution in [3.63, 3.8) is 0 Å². The molecule has 0 N–H and O–H groups in total. The predicted octanol–water partition coefficient (Wildman–Crippen LogP) is 2.39. The monoisotopic (exact) mass is 191 g/mol. The largest absolute Gasteiger partial charge is 0.489 e. The van der Waals surface area contributed by atoms with Crippen LogP contribution in [0.15, 0.2) is 23.8 Å². The molecule has 0 unspecified atom stereocenters. The summed E-state index contributed by atoms with van der Waals surface area (Å²) in [7, 11) is 0. The average molecular weight is 191 g/mol. The fourth-order valence-electron chi connectivity index (χ4n) is 1.39. The highest BCUT2D eigenvalue weighted by Gasteiger charge is 2.13. The number of hydrogen-bond donors (Lipinski definition) is 0. The molecule has 14 heavy (non-hydrogen) atoms. The van der Waals surface area contributed by atoms with E-state index in [0.29, 0.717) is 12.4 Å². The van der Waals surface area contributed by atoms with E-state index >= 15 is 0 Å². The van der Waals surface area contributed by atoms with E-state index in [-0.39, 0.29) is 5.69 Å². The predicted molar refractivity (Wildman–Crippen MR) is 52.2 cm³/mol. The lowest BCUT2D eigenvalue weighted by Crippen LogP contribution is -2.05. The zero-order valence-electron chi connectivity index (χ0n) is 7.69. The summed E-state index contributed by atoms with van der Waals surface area (Å²) < 4.78 is 5.38. The molecule has 0 aromatic heterocycles. The molecule has 72 valence electrons. The van der Waals surface area contributed by atoms with Crippen LogP contribution < -0.4 is 4.74 Å². The SMILES string of the molecule is CC1=Cc2cc([N+](=O)[O-])ccc2OC1. The van der Waals surface area contributed by atoms with Crippen LogP contribution in [0.25, 0.3) is 6.08 Å². The van der Waals surface area contributed by atoms with E-state index in [2.05, 4.69) is 0 Å². The summed E-state index contributed by atoms with van der Waals surface area (Å²) in [5.41, 5.74) is 1.94. The molecule has 0 fully saturated rings. The molecule has 0 bridgehead atoms. The van der Waals surface area contributed by atoms with Gasteiger partial charge in [0, 0.05) is 17.7 Å². The summed E-state index contributed by atoms with van der Waals surface area (Å²) in [5.74, 6) is 0.709. The van der Waals surface area contributed by atoms with Gasteiger partial charge in [-0.15, -0.1) is 0 Å². The van der Waals surface area contributed by atoms with Crippen molar-refractivity contribution in [2.24, 2.45) is 0 Å². The first-order valence-electron chi connectivity index (χ1n) is 4.25. The molecule has 1 heterocycles. The number of nitro groups is 1. The van der Waals surface area contributed by atoms with Crippen LogP contribution in [0.1, 0.15) is 12.5 Å². The molecule has 1 aliphatic heterocycles. The lowest BCUT2D eigenvalue weighted by molar-refractivity contribution is -0.384. The zero-order chi connectivity index (χ0) is 10.1. The quantitative estimate of drug-likeness (QED) is 0.505. The molecule has 1 aromatic rings. The fraction of sp³-hybridized carbons (Fsp3) is 0.200. The molecule has 0 spiro atoms. The minimum atomic E-state index is -0.405. The highest BCUT2D eigenvalue weighted by atomic mass is 16.6. The van der Waals surface area contributed by atoms with E-state index in [1.807, 2.05) is 13.0 Å². The van der Waals surface area contributed by atoms with Gasteiger partial charge in [-0.3, -0.25) is 10.1 Å². The third-order valence-corrected chi connectivity index (χ3v) is 2.06. The minimum Gasteiger partial charge on any atom is -0.489 e. The first kappa shape index (κ1) is 8.74. The lowest BCUT2D eigenvalue weighted by atomic mass is 10.1. The Balaban J connectivity index is 2.49. The Morgan fingerprint density at radius 3 is 3.00 bits per heavy atom. The van der Waals surface area contributed by atoms with E-state index in [1.165, 1.54) is 12.1 Å². The molecule has 4 heteroatoms. The van der Waals surface area contributed by atoms with Crippen LogP contribution in [-0.2, 0) is 0 Å². The Labute approximate surface area is 81.0 Å². The molecule has 1 aliphatic rings. The minimum absolute atomic E-state index is 0.0956. The normalized spacial score (nSPS) is 13.9. The Bertz CT molecular complexity index is 423. The Morgan fingerprint density at radius 1 is 1.50 bits per heavy atom. The van der Waals surface area contributed by atoms with E-state index < -0.39 is 4.92 Å². The van der Waals surface area contributed by atoms with Crippen LogP contribution >= 0.6 is 0 Å². The summed E-state index contributed by atoms with van der Waals surface area (Å²) >= 11 is 0. The number of rotatable bonds is 1. The fourth-order valence-corrected chi connectivity index (χ4v) is 1.39. The summed E-state index contributed by atoms with van der Waals surface area (Å²) in [4.78, 5) is 10.1. The van der Waals surface area contributed by atoms with Crippen LogP contribution in [0.2, 0.25) is 0 Å². The third-order valence-electron chi connectivity index (χ3n) is 2.06. The van der Waals surface area contributed by atoms with Gasteiger partial charge in [-0.2, -0.15) is 0 Å². The molecule has 0 aliphatic carbocycles. The maximum Gasteiger partial charge on any atom is 0.270 e. The third kappa shape index (κ3) is 1.46. The molecular weight excluding hydrogens is 182 g/mol. The number of fused-ring (bicyclic) bond motifs is 1. The maximum atomic E-state index is 10.5. The van der Waals surface area contributed by atoms with Crippen LogP contribution in [-0.4, -0.2) is 11.5 Å². The Morgan fingerprint density at radius 2 is 2.29 bits per heavy atom. The molecule has 0 radical (unpaired) electrons. The second-order valence-corrected chi connectivity index (χ2v) is 3.26.